The molecule has 0 aliphatic heterocycles. The first kappa shape index (κ1) is 3.51. The van der Waals surface area contributed by atoms with Gasteiger partial charge in [-0.25, -0.2) is 5.26 Å². The van der Waals surface area contributed by atoms with Crippen LogP contribution >= 0.6 is 0 Å². The number of nitrogens with zero attached hydrogens (tertiary/aromatic N) is 1. The summed E-state index contributed by atoms with van der Waals surface area (Å²) in [5.74, 6) is 1.71. The fourth-order valence-corrected chi connectivity index (χ4v) is 0. The molecule has 3 heteroatoms. The Morgan fingerprint density at radius 3 is 2.50 bits per heavy atom. The molecule has 0 radical (unpaired) electrons. The predicted octanol–water partition coefficient (Wildman–Crippen LogP) is -1.11. The average molecular weight is 54.9 g/mol. The third-order valence-electron chi connectivity index (χ3n) is 0.0913. The Morgan fingerprint density at radius 2 is 2.50 bits per heavy atom. The van der Waals surface area contributed by atoms with Crippen molar-refractivity contribution in [2.75, 3.05) is 0 Å². The molecule has 2 nitrogen and oxygen atoms in total. The number of nitriles is 1. The molecule has 0 aromatic heterocycles. The molecule has 0 atom stereocenters. The van der Waals surface area contributed by atoms with Crippen molar-refractivity contribution in [1.82, 2.24) is 0 Å². The quantitative estimate of drug-likeness (QED) is 0.357. The summed E-state index contributed by atoms with van der Waals surface area (Å²) in [5.41, 5.74) is 4.67. The second-order valence-electron chi connectivity index (χ2n) is 0.362. The van der Waals surface area contributed by atoms with E-state index in [1.165, 1.54) is 0 Å². The maximum absolute atomic E-state index is 7.50. The fourth-order valence-electron chi connectivity index (χ4n) is 0. The van der Waals surface area contributed by atoms with E-state index in [1.54, 1.807) is 5.97 Å². The molecule has 0 bridgehead atoms. The maximum Gasteiger partial charge on any atom is 1.00 e. The van der Waals surface area contributed by atoms with Gasteiger partial charge < -0.3 is 5.64 Å². The smallest absolute Gasteiger partial charge is 0.360 e. The molecule has 0 aromatic carbocycles. The van der Waals surface area contributed by atoms with Gasteiger partial charge in [-0.1, -0.05) is 0 Å². The zero-order valence-electron chi connectivity index (χ0n) is 3.23. The van der Waals surface area contributed by atoms with E-state index in [-0.39, 0.29) is 8.84 Å². The highest BCUT2D eigenvalue weighted by Crippen LogP contribution is 1.19. The van der Waals surface area contributed by atoms with Crippen LogP contribution < -0.4 is 5.64 Å². The molecule has 2 N–H and O–H groups in total. The number of hydrogen-bond donors (Lipinski definition) is 1. The molecule has 4 heavy (non-hydrogen) atoms. The molecule has 0 unspecified atom stereocenters. The third kappa shape index (κ3) is 1.51. The van der Waals surface area contributed by atoms with E-state index in [2.05, 4.69) is 5.64 Å². The molecule has 0 aromatic rings. The monoisotopic (exact) mass is 55.0 g/mol. The summed E-state index contributed by atoms with van der Waals surface area (Å²) in [7, 11) is 0.125. The molecule has 0 aliphatic carbocycles. The van der Waals surface area contributed by atoms with Gasteiger partial charge in [-0.3, -0.25) is 0 Å². The molecule has 0 amide bonds. The third-order valence-corrected chi connectivity index (χ3v) is 0.0913. The lowest BCUT2D eigenvalue weighted by molar-refractivity contribution is 1.56. The van der Waals surface area contributed by atoms with Gasteiger partial charge in [-0.2, -0.15) is 0 Å². The number of nitrogens with two attached hydrogens (primary N) is 1. The first-order valence-electron chi connectivity index (χ1n) is 0.985. The van der Waals surface area contributed by atoms with Crippen molar-refractivity contribution in [2.24, 2.45) is 5.64 Å². The summed E-state index contributed by atoms with van der Waals surface area (Å²) >= 11 is 0. The van der Waals surface area contributed by atoms with Crippen LogP contribution in [-0.4, -0.2) is 7.41 Å². The molecular formula is CH4BN2+. The van der Waals surface area contributed by atoms with Crippen molar-refractivity contribution < 1.29 is 1.43 Å². The highest BCUT2D eigenvalue weighted by atomic mass is 14.4. The second-order valence-corrected chi connectivity index (χ2v) is 0.362. The van der Waals surface area contributed by atoms with E-state index in [9.17, 15) is 0 Å². The minimum atomic E-state index is 0. The summed E-state index contributed by atoms with van der Waals surface area (Å²) in [6, 6.07) is 0. The molecule has 0 saturated carbocycles. The molecule has 20 valence electrons. The molecule has 0 aliphatic rings. The lowest BCUT2D eigenvalue weighted by Gasteiger charge is -1.44. The zero-order chi connectivity index (χ0) is 3.41. The van der Waals surface area contributed by atoms with Gasteiger partial charge in [-0.15, -0.1) is 0 Å². The number of hydrogen-bond acceptors (Lipinski definition) is 2. The van der Waals surface area contributed by atoms with Crippen LogP contribution in [0.2, 0.25) is 0 Å². The average Bonchev–Trinajstić information content (AvgIpc) is 1.37. The van der Waals surface area contributed by atoms with Crippen molar-refractivity contribution in [3.63, 3.8) is 0 Å². The fraction of sp³-hybridized carbons (Fsp3) is 0. The molecule has 0 spiro atoms. The van der Waals surface area contributed by atoms with E-state index in [4.69, 9.17) is 5.26 Å². The summed E-state index contributed by atoms with van der Waals surface area (Å²) in [5, 5.41) is 7.50. The largest absolute Gasteiger partial charge is 1.00 e. The van der Waals surface area contributed by atoms with Crippen molar-refractivity contribution in [1.29, 1.82) is 5.26 Å². The minimum Gasteiger partial charge on any atom is -0.360 e. The van der Waals surface area contributed by atoms with E-state index < -0.39 is 0 Å². The van der Waals surface area contributed by atoms with E-state index in [0.29, 0.717) is 0 Å². The topological polar surface area (TPSA) is 49.8 Å². The standard InChI is InChI=1S/CH3BN2/c3-1-2-4/h2H,4H2/p+1. The van der Waals surface area contributed by atoms with Crippen LogP contribution in [0.3, 0.4) is 0 Å². The molecule has 0 rings (SSSR count). The van der Waals surface area contributed by atoms with Gasteiger partial charge in [-0.05, 0) is 0 Å². The Bertz CT molecular complexity index is 39.4. The van der Waals surface area contributed by atoms with Crippen molar-refractivity contribution >= 4 is 7.41 Å². The highest BCUT2D eigenvalue weighted by Gasteiger charge is 1.57. The molecular weight excluding hydrogens is 50.8 g/mol. The Hall–Kier alpha value is -0.485. The molecule has 0 fully saturated rings. The Morgan fingerprint density at radius 1 is 2.25 bits per heavy atom. The van der Waals surface area contributed by atoms with Crippen molar-refractivity contribution in [3.8, 4) is 5.97 Å². The minimum absolute atomic E-state index is 0. The van der Waals surface area contributed by atoms with Crippen LogP contribution in [0.15, 0.2) is 0 Å². The van der Waals surface area contributed by atoms with Crippen LogP contribution in [0.25, 0.3) is 0 Å². The second kappa shape index (κ2) is 2.51. The van der Waals surface area contributed by atoms with E-state index in [0.717, 1.165) is 0 Å². The van der Waals surface area contributed by atoms with Crippen LogP contribution in [-0.2, 0) is 0 Å². The van der Waals surface area contributed by atoms with Gasteiger partial charge in [0.05, 0.1) is 0 Å². The summed E-state index contributed by atoms with van der Waals surface area (Å²) in [6.07, 6.45) is 0. The van der Waals surface area contributed by atoms with Gasteiger partial charge in [0.15, 0.2) is 0 Å². The van der Waals surface area contributed by atoms with Crippen LogP contribution in [0.1, 0.15) is 1.43 Å². The molecule has 0 heterocycles. The van der Waals surface area contributed by atoms with Gasteiger partial charge in [0.25, 0.3) is 0 Å². The highest BCUT2D eigenvalue weighted by molar-refractivity contribution is 6.40. The first-order valence-corrected chi connectivity index (χ1v) is 0.985. The van der Waals surface area contributed by atoms with Gasteiger partial charge in [0.2, 0.25) is 0 Å². The summed E-state index contributed by atoms with van der Waals surface area (Å²) in [4.78, 5) is 0. The maximum atomic E-state index is 7.50. The SMILES string of the molecule is N#CBN.[H+]. The number of rotatable bonds is 0. The lowest BCUT2D eigenvalue weighted by Crippen LogP contribution is -1.98. The van der Waals surface area contributed by atoms with Gasteiger partial charge in [0, 0.05) is 5.97 Å². The Labute approximate surface area is 27.0 Å². The van der Waals surface area contributed by atoms with E-state index in [1.807, 2.05) is 0 Å². The Kier molecular flexibility index (Phi) is 2.21. The lowest BCUT2D eigenvalue weighted by atomic mass is 10.0. The van der Waals surface area contributed by atoms with Crippen molar-refractivity contribution in [2.45, 2.75) is 0 Å². The van der Waals surface area contributed by atoms with Gasteiger partial charge >= 0.3 is 8.84 Å². The summed E-state index contributed by atoms with van der Waals surface area (Å²) in [6.45, 7) is 0. The van der Waals surface area contributed by atoms with Crippen LogP contribution in [0.4, 0.5) is 0 Å². The zero-order valence-corrected chi connectivity index (χ0v) is 2.23. The van der Waals surface area contributed by atoms with E-state index >= 15 is 0 Å². The van der Waals surface area contributed by atoms with Crippen LogP contribution in [0.5, 0.6) is 0 Å². The van der Waals surface area contributed by atoms with Crippen molar-refractivity contribution in [3.05, 3.63) is 0 Å². The molecule has 0 saturated heterocycles. The predicted molar refractivity (Wildman–Crippen MR) is 18.1 cm³/mol. The Balaban J connectivity index is 0. The normalized spacial score (nSPS) is 4.00. The first-order chi connectivity index (χ1) is 1.91. The van der Waals surface area contributed by atoms with Gasteiger partial charge in [0.1, 0.15) is 0 Å². The van der Waals surface area contributed by atoms with Crippen LogP contribution in [0, 0.1) is 11.2 Å². The summed E-state index contributed by atoms with van der Waals surface area (Å²) < 4.78 is 0.